The minimum atomic E-state index is 0.113. The van der Waals surface area contributed by atoms with E-state index in [0.717, 1.165) is 12.8 Å². The van der Waals surface area contributed by atoms with Gasteiger partial charge in [-0.15, -0.1) is 22.9 Å². The van der Waals surface area contributed by atoms with E-state index in [-0.39, 0.29) is 11.9 Å². The summed E-state index contributed by atoms with van der Waals surface area (Å²) < 4.78 is 0. The third-order valence-electron chi connectivity index (χ3n) is 2.35. The van der Waals surface area contributed by atoms with Crippen molar-refractivity contribution in [2.24, 2.45) is 0 Å². The Morgan fingerprint density at radius 3 is 2.81 bits per heavy atom. The van der Waals surface area contributed by atoms with Crippen LogP contribution in [0.2, 0.25) is 0 Å². The summed E-state index contributed by atoms with van der Waals surface area (Å²) in [5.41, 5.74) is 0. The number of alkyl halides is 1. The number of amides is 1. The zero-order valence-electron chi connectivity index (χ0n) is 9.75. The molecule has 1 rings (SSSR count). The summed E-state index contributed by atoms with van der Waals surface area (Å²) >= 11 is 7.29. The van der Waals surface area contributed by atoms with Gasteiger partial charge in [-0.1, -0.05) is 0 Å². The third-order valence-corrected chi connectivity index (χ3v) is 3.80. The fraction of sp³-hybridized carbons (Fsp3) is 0.583. The Kier molecular flexibility index (Phi) is 5.85. The van der Waals surface area contributed by atoms with Crippen LogP contribution in [-0.4, -0.2) is 11.8 Å². The van der Waals surface area contributed by atoms with E-state index in [1.165, 1.54) is 9.75 Å². The number of hydrogen-bond donors (Lipinski definition) is 1. The molecule has 16 heavy (non-hydrogen) atoms. The van der Waals surface area contributed by atoms with Crippen LogP contribution in [0.5, 0.6) is 0 Å². The van der Waals surface area contributed by atoms with Gasteiger partial charge < -0.3 is 5.32 Å². The van der Waals surface area contributed by atoms with Gasteiger partial charge in [0.1, 0.15) is 0 Å². The van der Waals surface area contributed by atoms with Crippen molar-refractivity contribution in [2.45, 2.75) is 39.2 Å². The normalized spacial score (nSPS) is 12.4. The number of hydrogen-bond acceptors (Lipinski definition) is 2. The lowest BCUT2D eigenvalue weighted by molar-refractivity contribution is -0.121. The average molecular weight is 260 g/mol. The average Bonchev–Trinajstić information content (AvgIpc) is 2.65. The molecule has 1 amide bonds. The number of nitrogens with one attached hydrogen (secondary N) is 1. The molecule has 4 heteroatoms. The third kappa shape index (κ3) is 4.54. The van der Waals surface area contributed by atoms with Crippen LogP contribution in [-0.2, 0) is 4.79 Å². The first-order valence-corrected chi connectivity index (χ1v) is 6.90. The van der Waals surface area contributed by atoms with Crippen molar-refractivity contribution in [3.8, 4) is 0 Å². The maximum absolute atomic E-state index is 11.6. The summed E-state index contributed by atoms with van der Waals surface area (Å²) in [6.07, 6.45) is 2.34. The number of carbonyl (C=O) groups is 1. The lowest BCUT2D eigenvalue weighted by Gasteiger charge is -2.11. The summed E-state index contributed by atoms with van der Waals surface area (Å²) in [5.74, 6) is 0.746. The zero-order valence-corrected chi connectivity index (χ0v) is 11.3. The van der Waals surface area contributed by atoms with Crippen molar-refractivity contribution in [1.29, 1.82) is 0 Å². The maximum Gasteiger partial charge on any atom is 0.220 e. The second-order valence-electron chi connectivity index (χ2n) is 3.88. The first kappa shape index (κ1) is 13.5. The molecule has 0 aromatic carbocycles. The molecule has 1 N–H and O–H groups in total. The molecule has 90 valence electrons. The van der Waals surface area contributed by atoms with Crippen molar-refractivity contribution >= 4 is 28.8 Å². The number of carbonyl (C=O) groups excluding carboxylic acids is 1. The Hall–Kier alpha value is -0.540. The SMILES string of the molecule is Cc1ccc(C(C)NC(=O)CCCCCl)s1. The minimum Gasteiger partial charge on any atom is -0.349 e. The molecule has 0 fully saturated rings. The number of aryl methyl sites for hydroxylation is 1. The molecule has 2 nitrogen and oxygen atoms in total. The quantitative estimate of drug-likeness (QED) is 0.613. The van der Waals surface area contributed by atoms with E-state index >= 15 is 0 Å². The molecular weight excluding hydrogens is 242 g/mol. The second kappa shape index (κ2) is 6.92. The molecule has 0 bridgehead atoms. The van der Waals surface area contributed by atoms with E-state index in [1.807, 2.05) is 6.92 Å². The van der Waals surface area contributed by atoms with Gasteiger partial charge >= 0.3 is 0 Å². The van der Waals surface area contributed by atoms with Crippen molar-refractivity contribution < 1.29 is 4.79 Å². The van der Waals surface area contributed by atoms with Crippen molar-refractivity contribution in [3.63, 3.8) is 0 Å². The van der Waals surface area contributed by atoms with E-state index in [0.29, 0.717) is 12.3 Å². The molecule has 0 radical (unpaired) electrons. The van der Waals surface area contributed by atoms with Crippen molar-refractivity contribution in [2.75, 3.05) is 5.88 Å². The van der Waals surface area contributed by atoms with Gasteiger partial charge in [-0.2, -0.15) is 0 Å². The summed E-state index contributed by atoms with van der Waals surface area (Å²) in [6, 6.07) is 4.27. The van der Waals surface area contributed by atoms with Crippen LogP contribution in [0.1, 0.15) is 42.0 Å². The Morgan fingerprint density at radius 2 is 2.25 bits per heavy atom. The van der Waals surface area contributed by atoms with Crippen molar-refractivity contribution in [1.82, 2.24) is 5.32 Å². The molecule has 0 spiro atoms. The molecular formula is C12H18ClNOS. The van der Waals surface area contributed by atoms with Crippen LogP contribution < -0.4 is 5.32 Å². The molecule has 0 aliphatic heterocycles. The van der Waals surface area contributed by atoms with Crippen LogP contribution in [0.3, 0.4) is 0 Å². The van der Waals surface area contributed by atoms with E-state index in [1.54, 1.807) is 11.3 Å². The summed E-state index contributed by atoms with van der Waals surface area (Å²) in [4.78, 5) is 14.0. The summed E-state index contributed by atoms with van der Waals surface area (Å²) in [6.45, 7) is 4.09. The van der Waals surface area contributed by atoms with E-state index in [2.05, 4.69) is 24.4 Å². The lowest BCUT2D eigenvalue weighted by atomic mass is 10.2. The molecule has 0 aliphatic rings. The smallest absolute Gasteiger partial charge is 0.220 e. The molecule has 0 aliphatic carbocycles. The first-order valence-electron chi connectivity index (χ1n) is 5.55. The zero-order chi connectivity index (χ0) is 12.0. The standard InChI is InChI=1S/C12H18ClNOS/c1-9-6-7-11(16-9)10(2)14-12(15)5-3-4-8-13/h6-7,10H,3-5,8H2,1-2H3,(H,14,15). The highest BCUT2D eigenvalue weighted by atomic mass is 35.5. The summed E-state index contributed by atoms with van der Waals surface area (Å²) in [5, 5.41) is 3.00. The molecule has 0 saturated carbocycles. The van der Waals surface area contributed by atoms with Crippen LogP contribution in [0.15, 0.2) is 12.1 Å². The molecule has 1 atom stereocenters. The van der Waals surface area contributed by atoms with E-state index in [9.17, 15) is 4.79 Å². The van der Waals surface area contributed by atoms with Crippen LogP contribution >= 0.6 is 22.9 Å². The highest BCUT2D eigenvalue weighted by Gasteiger charge is 2.10. The highest BCUT2D eigenvalue weighted by molar-refractivity contribution is 7.12. The van der Waals surface area contributed by atoms with E-state index < -0.39 is 0 Å². The number of unbranched alkanes of at least 4 members (excludes halogenated alkanes) is 1. The number of rotatable bonds is 6. The summed E-state index contributed by atoms with van der Waals surface area (Å²) in [7, 11) is 0. The maximum atomic E-state index is 11.6. The largest absolute Gasteiger partial charge is 0.349 e. The Labute approximate surface area is 106 Å². The van der Waals surface area contributed by atoms with Gasteiger partial charge in [-0.25, -0.2) is 0 Å². The fourth-order valence-electron chi connectivity index (χ4n) is 1.45. The van der Waals surface area contributed by atoms with Crippen LogP contribution in [0.25, 0.3) is 0 Å². The molecule has 1 heterocycles. The monoisotopic (exact) mass is 259 g/mol. The topological polar surface area (TPSA) is 29.1 Å². The van der Waals surface area contributed by atoms with Gasteiger partial charge in [0.15, 0.2) is 0 Å². The van der Waals surface area contributed by atoms with Gasteiger partial charge in [-0.05, 0) is 38.8 Å². The molecule has 1 unspecified atom stereocenters. The van der Waals surface area contributed by atoms with Crippen LogP contribution in [0.4, 0.5) is 0 Å². The molecule has 1 aromatic rings. The van der Waals surface area contributed by atoms with Crippen LogP contribution in [0, 0.1) is 6.92 Å². The minimum absolute atomic E-state index is 0.113. The van der Waals surface area contributed by atoms with Gasteiger partial charge in [-0.3, -0.25) is 4.79 Å². The van der Waals surface area contributed by atoms with Gasteiger partial charge in [0.05, 0.1) is 6.04 Å². The highest BCUT2D eigenvalue weighted by Crippen LogP contribution is 2.22. The van der Waals surface area contributed by atoms with Crippen molar-refractivity contribution in [3.05, 3.63) is 21.9 Å². The second-order valence-corrected chi connectivity index (χ2v) is 5.58. The Bertz CT molecular complexity index is 338. The molecule has 1 aromatic heterocycles. The Balaban J connectivity index is 2.33. The predicted molar refractivity (Wildman–Crippen MR) is 70.2 cm³/mol. The van der Waals surface area contributed by atoms with Gasteiger partial charge in [0.2, 0.25) is 5.91 Å². The van der Waals surface area contributed by atoms with Gasteiger partial charge in [0.25, 0.3) is 0 Å². The van der Waals surface area contributed by atoms with Gasteiger partial charge in [0, 0.05) is 22.1 Å². The number of thiophene rings is 1. The lowest BCUT2D eigenvalue weighted by Crippen LogP contribution is -2.25. The van der Waals surface area contributed by atoms with E-state index in [4.69, 9.17) is 11.6 Å². The predicted octanol–water partition coefficient (Wildman–Crippen LogP) is 3.64. The number of halogens is 1. The Morgan fingerprint density at radius 1 is 1.50 bits per heavy atom. The fourth-order valence-corrected chi connectivity index (χ4v) is 2.52. The molecule has 0 saturated heterocycles. The first-order chi connectivity index (χ1) is 7.63.